The standard InChI is InChI=1S/C21H28O3/c1-6-8-18(22)21(17-11-15(4)19(23)16(5)12-17)24-20-13(2)9-7-10-14(20)3/h7,9-12,18,21-23H,6,8H2,1-5H3. The van der Waals surface area contributed by atoms with E-state index in [1.807, 2.05) is 65.0 Å². The number of rotatable bonds is 6. The van der Waals surface area contributed by atoms with Crippen LogP contribution in [0.15, 0.2) is 30.3 Å². The van der Waals surface area contributed by atoms with E-state index in [2.05, 4.69) is 0 Å². The van der Waals surface area contributed by atoms with Gasteiger partial charge in [0.2, 0.25) is 0 Å². The molecule has 0 radical (unpaired) electrons. The Hall–Kier alpha value is -2.00. The van der Waals surface area contributed by atoms with Crippen LogP contribution in [0.5, 0.6) is 11.5 Å². The van der Waals surface area contributed by atoms with Gasteiger partial charge in [0.15, 0.2) is 0 Å². The van der Waals surface area contributed by atoms with Crippen molar-refractivity contribution in [3.8, 4) is 11.5 Å². The van der Waals surface area contributed by atoms with E-state index >= 15 is 0 Å². The van der Waals surface area contributed by atoms with E-state index in [1.54, 1.807) is 0 Å². The Morgan fingerprint density at radius 3 is 2.00 bits per heavy atom. The van der Waals surface area contributed by atoms with Crippen molar-refractivity contribution in [3.63, 3.8) is 0 Å². The summed E-state index contributed by atoms with van der Waals surface area (Å²) in [6.45, 7) is 9.81. The van der Waals surface area contributed by atoms with Gasteiger partial charge in [0.25, 0.3) is 0 Å². The van der Waals surface area contributed by atoms with Crippen molar-refractivity contribution in [1.82, 2.24) is 0 Å². The van der Waals surface area contributed by atoms with Crippen LogP contribution in [-0.2, 0) is 0 Å². The van der Waals surface area contributed by atoms with Crippen LogP contribution in [0.3, 0.4) is 0 Å². The molecule has 2 atom stereocenters. The summed E-state index contributed by atoms with van der Waals surface area (Å²) in [5.74, 6) is 1.12. The smallest absolute Gasteiger partial charge is 0.150 e. The molecule has 0 amide bonds. The fourth-order valence-electron chi connectivity index (χ4n) is 3.08. The van der Waals surface area contributed by atoms with Crippen LogP contribution >= 0.6 is 0 Å². The Morgan fingerprint density at radius 1 is 0.958 bits per heavy atom. The molecule has 2 aromatic carbocycles. The number of hydrogen-bond donors (Lipinski definition) is 2. The summed E-state index contributed by atoms with van der Waals surface area (Å²) in [6, 6.07) is 9.83. The first-order valence-corrected chi connectivity index (χ1v) is 8.56. The minimum absolute atomic E-state index is 0.301. The van der Waals surface area contributed by atoms with Crippen molar-refractivity contribution in [2.45, 2.75) is 59.7 Å². The molecule has 0 bridgehead atoms. The Labute approximate surface area is 144 Å². The van der Waals surface area contributed by atoms with Crippen molar-refractivity contribution in [3.05, 3.63) is 58.1 Å². The fourth-order valence-corrected chi connectivity index (χ4v) is 3.08. The summed E-state index contributed by atoms with van der Waals surface area (Å²) in [7, 11) is 0. The summed E-state index contributed by atoms with van der Waals surface area (Å²) < 4.78 is 6.29. The molecule has 3 heteroatoms. The Bertz CT molecular complexity index is 663. The van der Waals surface area contributed by atoms with Gasteiger partial charge in [0.1, 0.15) is 17.6 Å². The van der Waals surface area contributed by atoms with Gasteiger partial charge >= 0.3 is 0 Å². The number of phenolic OH excluding ortho intramolecular Hbond substituents is 1. The number of aromatic hydroxyl groups is 1. The number of aliphatic hydroxyl groups excluding tert-OH is 1. The third-order valence-electron chi connectivity index (χ3n) is 4.43. The molecule has 0 saturated heterocycles. The van der Waals surface area contributed by atoms with Gasteiger partial charge in [-0.3, -0.25) is 0 Å². The van der Waals surface area contributed by atoms with Crippen LogP contribution in [0.4, 0.5) is 0 Å². The normalized spacial score (nSPS) is 13.6. The number of aliphatic hydroxyl groups is 1. The van der Waals surface area contributed by atoms with E-state index in [1.165, 1.54) is 0 Å². The highest BCUT2D eigenvalue weighted by molar-refractivity contribution is 5.44. The lowest BCUT2D eigenvalue weighted by Gasteiger charge is -2.27. The predicted octanol–water partition coefficient (Wildman–Crippen LogP) is 4.91. The maximum absolute atomic E-state index is 10.7. The minimum Gasteiger partial charge on any atom is -0.507 e. The van der Waals surface area contributed by atoms with Crippen LogP contribution in [0.2, 0.25) is 0 Å². The summed E-state index contributed by atoms with van der Waals surface area (Å²) in [5.41, 5.74) is 4.59. The average molecular weight is 328 g/mol. The molecule has 0 aliphatic heterocycles. The largest absolute Gasteiger partial charge is 0.507 e. The maximum Gasteiger partial charge on any atom is 0.150 e. The van der Waals surface area contributed by atoms with Crippen LogP contribution in [0, 0.1) is 27.7 Å². The lowest BCUT2D eigenvalue weighted by Crippen LogP contribution is -2.24. The predicted molar refractivity (Wildman–Crippen MR) is 97.8 cm³/mol. The van der Waals surface area contributed by atoms with Gasteiger partial charge in [0.05, 0.1) is 6.10 Å². The second-order valence-electron chi connectivity index (χ2n) is 6.62. The maximum atomic E-state index is 10.7. The molecule has 0 fully saturated rings. The van der Waals surface area contributed by atoms with Crippen LogP contribution < -0.4 is 4.74 Å². The van der Waals surface area contributed by atoms with Crippen molar-refractivity contribution in [1.29, 1.82) is 0 Å². The molecule has 0 saturated carbocycles. The number of aryl methyl sites for hydroxylation is 4. The van der Waals surface area contributed by atoms with Crippen LogP contribution in [0.1, 0.15) is 53.7 Å². The SMILES string of the molecule is CCCC(O)C(Oc1c(C)cccc1C)c1cc(C)c(O)c(C)c1. The molecule has 0 aliphatic rings. The van der Waals surface area contributed by atoms with Gasteiger partial charge in [-0.2, -0.15) is 0 Å². The molecule has 130 valence electrons. The lowest BCUT2D eigenvalue weighted by atomic mass is 9.96. The molecule has 0 aromatic heterocycles. The first kappa shape index (κ1) is 18.3. The quantitative estimate of drug-likeness (QED) is 0.792. The average Bonchev–Trinajstić information content (AvgIpc) is 2.52. The van der Waals surface area contributed by atoms with E-state index < -0.39 is 12.2 Å². The first-order chi connectivity index (χ1) is 11.3. The Morgan fingerprint density at radius 2 is 1.50 bits per heavy atom. The molecular weight excluding hydrogens is 300 g/mol. The van der Waals surface area contributed by atoms with Gasteiger partial charge in [-0.05, 0) is 74.1 Å². The van der Waals surface area contributed by atoms with E-state index in [0.717, 1.165) is 40.0 Å². The van der Waals surface area contributed by atoms with Crippen molar-refractivity contribution < 1.29 is 14.9 Å². The molecule has 2 rings (SSSR count). The highest BCUT2D eigenvalue weighted by Crippen LogP contribution is 2.34. The zero-order valence-corrected chi connectivity index (χ0v) is 15.3. The fraction of sp³-hybridized carbons (Fsp3) is 0.429. The second-order valence-corrected chi connectivity index (χ2v) is 6.62. The third kappa shape index (κ3) is 3.90. The highest BCUT2D eigenvalue weighted by Gasteiger charge is 2.25. The topological polar surface area (TPSA) is 49.7 Å². The lowest BCUT2D eigenvalue weighted by molar-refractivity contribution is 0.0286. The van der Waals surface area contributed by atoms with E-state index in [9.17, 15) is 10.2 Å². The first-order valence-electron chi connectivity index (χ1n) is 8.56. The molecule has 2 unspecified atom stereocenters. The monoisotopic (exact) mass is 328 g/mol. The number of para-hydroxylation sites is 1. The van der Waals surface area contributed by atoms with Crippen LogP contribution in [-0.4, -0.2) is 16.3 Å². The molecule has 0 spiro atoms. The molecule has 0 aliphatic carbocycles. The van der Waals surface area contributed by atoms with E-state index in [0.29, 0.717) is 12.2 Å². The summed E-state index contributed by atoms with van der Waals surface area (Å²) >= 11 is 0. The van der Waals surface area contributed by atoms with E-state index in [4.69, 9.17) is 4.74 Å². The highest BCUT2D eigenvalue weighted by atomic mass is 16.5. The summed E-state index contributed by atoms with van der Waals surface area (Å²) in [4.78, 5) is 0. The summed E-state index contributed by atoms with van der Waals surface area (Å²) in [6.07, 6.45) is 0.485. The van der Waals surface area contributed by atoms with Gasteiger partial charge in [0, 0.05) is 0 Å². The van der Waals surface area contributed by atoms with Gasteiger partial charge in [-0.15, -0.1) is 0 Å². The zero-order chi connectivity index (χ0) is 17.9. The molecule has 24 heavy (non-hydrogen) atoms. The molecule has 2 N–H and O–H groups in total. The van der Waals surface area contributed by atoms with Gasteiger partial charge in [-0.1, -0.05) is 31.5 Å². The Kier molecular flexibility index (Phi) is 5.89. The van der Waals surface area contributed by atoms with Crippen LogP contribution in [0.25, 0.3) is 0 Å². The van der Waals surface area contributed by atoms with Crippen molar-refractivity contribution in [2.75, 3.05) is 0 Å². The summed E-state index contributed by atoms with van der Waals surface area (Å²) in [5, 5.41) is 20.7. The molecule has 2 aromatic rings. The van der Waals surface area contributed by atoms with Gasteiger partial charge in [-0.25, -0.2) is 0 Å². The number of phenols is 1. The van der Waals surface area contributed by atoms with E-state index in [-0.39, 0.29) is 0 Å². The van der Waals surface area contributed by atoms with Gasteiger partial charge < -0.3 is 14.9 Å². The Balaban J connectivity index is 2.46. The van der Waals surface area contributed by atoms with Crippen molar-refractivity contribution in [2.24, 2.45) is 0 Å². The third-order valence-corrected chi connectivity index (χ3v) is 4.43. The molecule has 0 heterocycles. The molecule has 3 nitrogen and oxygen atoms in total. The zero-order valence-electron chi connectivity index (χ0n) is 15.3. The second kappa shape index (κ2) is 7.71. The number of hydrogen-bond acceptors (Lipinski definition) is 3. The number of benzene rings is 2. The van der Waals surface area contributed by atoms with Crippen molar-refractivity contribution >= 4 is 0 Å². The minimum atomic E-state index is -0.600. The molecular formula is C21H28O3. The number of ether oxygens (including phenoxy) is 1.